The number of para-hydroxylation sites is 1. The smallest absolute Gasteiger partial charge is 0.254 e. The van der Waals surface area contributed by atoms with Crippen LogP contribution in [0.3, 0.4) is 0 Å². The second-order valence-electron chi connectivity index (χ2n) is 5.96. The first kappa shape index (κ1) is 17.6. The molecule has 1 amide bonds. The van der Waals surface area contributed by atoms with Gasteiger partial charge in [-0.25, -0.2) is 9.97 Å². The number of carbonyl (C=O) groups excluding carboxylic acids is 1. The van der Waals surface area contributed by atoms with Crippen LogP contribution in [-0.2, 0) is 0 Å². The third-order valence-electron chi connectivity index (χ3n) is 4.17. The molecule has 5 nitrogen and oxygen atoms in total. The minimum Gasteiger partial charge on any atom is -0.345 e. The molecule has 1 unspecified atom stereocenters. The zero-order valence-corrected chi connectivity index (χ0v) is 15.0. The van der Waals surface area contributed by atoms with Crippen LogP contribution in [0, 0.1) is 0 Å². The van der Waals surface area contributed by atoms with Crippen LogP contribution in [0.2, 0.25) is 0 Å². The van der Waals surface area contributed by atoms with Gasteiger partial charge in [-0.3, -0.25) is 4.79 Å². The first-order valence-electron chi connectivity index (χ1n) is 8.69. The molecule has 132 valence electrons. The van der Waals surface area contributed by atoms with Gasteiger partial charge in [-0.2, -0.15) is 0 Å². The Hall–Kier alpha value is -3.21. The van der Waals surface area contributed by atoms with Crippen LogP contribution in [0.1, 0.15) is 35.8 Å². The fourth-order valence-electron chi connectivity index (χ4n) is 2.73. The van der Waals surface area contributed by atoms with Crippen LogP contribution in [0.5, 0.6) is 0 Å². The highest BCUT2D eigenvalue weighted by atomic mass is 16.1. The molecule has 0 aliphatic heterocycles. The fraction of sp³-hybridized carbons (Fsp3) is 0.190. The van der Waals surface area contributed by atoms with E-state index in [1.54, 1.807) is 12.4 Å². The molecule has 0 fully saturated rings. The summed E-state index contributed by atoms with van der Waals surface area (Å²) in [5.74, 6) is 0.391. The largest absolute Gasteiger partial charge is 0.345 e. The molecule has 3 rings (SSSR count). The van der Waals surface area contributed by atoms with Crippen molar-refractivity contribution in [3.05, 3.63) is 84.2 Å². The van der Waals surface area contributed by atoms with E-state index in [4.69, 9.17) is 0 Å². The Kier molecular flexibility index (Phi) is 5.59. The number of nitrogens with zero attached hydrogens (tertiary/aromatic N) is 3. The SMILES string of the molecule is CCN(c1ccccc1)c1ncc(C(=O)NC(C)c2ccccc2)cn1. The van der Waals surface area contributed by atoms with E-state index in [-0.39, 0.29) is 11.9 Å². The van der Waals surface area contributed by atoms with Crippen molar-refractivity contribution in [2.24, 2.45) is 0 Å². The third-order valence-corrected chi connectivity index (χ3v) is 4.17. The Bertz CT molecular complexity index is 835. The quantitative estimate of drug-likeness (QED) is 0.729. The Morgan fingerprint density at radius 2 is 1.58 bits per heavy atom. The number of anilines is 2. The molecule has 1 heterocycles. The van der Waals surface area contributed by atoms with Crippen molar-refractivity contribution in [2.75, 3.05) is 11.4 Å². The van der Waals surface area contributed by atoms with Gasteiger partial charge in [0.15, 0.2) is 0 Å². The lowest BCUT2D eigenvalue weighted by atomic mass is 10.1. The van der Waals surface area contributed by atoms with Gasteiger partial charge in [-0.05, 0) is 31.5 Å². The van der Waals surface area contributed by atoms with E-state index in [0.717, 1.165) is 17.8 Å². The van der Waals surface area contributed by atoms with Crippen LogP contribution in [0.4, 0.5) is 11.6 Å². The Morgan fingerprint density at radius 3 is 2.15 bits per heavy atom. The Morgan fingerprint density at radius 1 is 1.00 bits per heavy atom. The van der Waals surface area contributed by atoms with E-state index in [0.29, 0.717) is 11.5 Å². The average Bonchev–Trinajstić information content (AvgIpc) is 2.70. The molecule has 2 aromatic carbocycles. The molecule has 5 heteroatoms. The lowest BCUT2D eigenvalue weighted by molar-refractivity contribution is 0.0939. The number of amides is 1. The van der Waals surface area contributed by atoms with Gasteiger partial charge in [-0.1, -0.05) is 48.5 Å². The highest BCUT2D eigenvalue weighted by Crippen LogP contribution is 2.21. The normalized spacial score (nSPS) is 11.6. The first-order chi connectivity index (χ1) is 12.7. The maximum Gasteiger partial charge on any atom is 0.254 e. The molecule has 1 N–H and O–H groups in total. The van der Waals surface area contributed by atoms with Crippen LogP contribution in [0.25, 0.3) is 0 Å². The van der Waals surface area contributed by atoms with E-state index in [1.807, 2.05) is 79.4 Å². The van der Waals surface area contributed by atoms with Crippen molar-refractivity contribution in [1.82, 2.24) is 15.3 Å². The molecule has 0 aliphatic rings. The Balaban J connectivity index is 1.71. The second-order valence-corrected chi connectivity index (χ2v) is 5.96. The van der Waals surface area contributed by atoms with Crippen LogP contribution < -0.4 is 10.2 Å². The predicted molar refractivity (Wildman–Crippen MR) is 103 cm³/mol. The third kappa shape index (κ3) is 4.06. The standard InChI is InChI=1S/C21H22N4O/c1-3-25(19-12-8-5-9-13-19)21-22-14-18(15-23-21)20(26)24-16(2)17-10-6-4-7-11-17/h4-16H,3H2,1-2H3,(H,24,26). The minimum absolute atomic E-state index is 0.0835. The summed E-state index contributed by atoms with van der Waals surface area (Å²) in [6, 6.07) is 19.7. The molecule has 3 aromatic rings. The molecule has 0 aliphatic carbocycles. The van der Waals surface area contributed by atoms with Gasteiger partial charge in [0.1, 0.15) is 0 Å². The number of hydrogen-bond donors (Lipinski definition) is 1. The number of aromatic nitrogens is 2. The van der Waals surface area contributed by atoms with Gasteiger partial charge < -0.3 is 10.2 Å². The molecule has 0 bridgehead atoms. The van der Waals surface area contributed by atoms with Crippen molar-refractivity contribution in [3.8, 4) is 0 Å². The molecule has 0 radical (unpaired) electrons. The predicted octanol–water partition coefficient (Wildman–Crippen LogP) is 4.13. The lowest BCUT2D eigenvalue weighted by Crippen LogP contribution is -2.27. The van der Waals surface area contributed by atoms with Crippen molar-refractivity contribution >= 4 is 17.5 Å². The van der Waals surface area contributed by atoms with Crippen molar-refractivity contribution in [1.29, 1.82) is 0 Å². The van der Waals surface area contributed by atoms with E-state index < -0.39 is 0 Å². The number of nitrogens with one attached hydrogen (secondary N) is 1. The zero-order chi connectivity index (χ0) is 18.4. The summed E-state index contributed by atoms with van der Waals surface area (Å²) < 4.78 is 0. The number of benzene rings is 2. The molecule has 0 spiro atoms. The molecule has 0 saturated carbocycles. The molecular weight excluding hydrogens is 324 g/mol. The maximum atomic E-state index is 12.4. The zero-order valence-electron chi connectivity index (χ0n) is 15.0. The van der Waals surface area contributed by atoms with Gasteiger partial charge in [0.2, 0.25) is 5.95 Å². The van der Waals surface area contributed by atoms with E-state index in [2.05, 4.69) is 15.3 Å². The van der Waals surface area contributed by atoms with Gasteiger partial charge in [-0.15, -0.1) is 0 Å². The topological polar surface area (TPSA) is 58.1 Å². The van der Waals surface area contributed by atoms with Crippen LogP contribution in [-0.4, -0.2) is 22.4 Å². The van der Waals surface area contributed by atoms with Crippen molar-refractivity contribution < 1.29 is 4.79 Å². The highest BCUT2D eigenvalue weighted by molar-refractivity contribution is 5.93. The van der Waals surface area contributed by atoms with Gasteiger partial charge in [0.25, 0.3) is 5.91 Å². The summed E-state index contributed by atoms with van der Waals surface area (Å²) in [5.41, 5.74) is 2.52. The average molecular weight is 346 g/mol. The monoisotopic (exact) mass is 346 g/mol. The molecule has 1 atom stereocenters. The minimum atomic E-state index is -0.185. The van der Waals surface area contributed by atoms with Crippen molar-refractivity contribution in [3.63, 3.8) is 0 Å². The molecule has 26 heavy (non-hydrogen) atoms. The number of rotatable bonds is 6. The van der Waals surface area contributed by atoms with Gasteiger partial charge in [0.05, 0.1) is 11.6 Å². The van der Waals surface area contributed by atoms with Gasteiger partial charge >= 0.3 is 0 Å². The summed E-state index contributed by atoms with van der Waals surface area (Å²) in [5, 5.41) is 2.97. The molecule has 0 saturated heterocycles. The van der Waals surface area contributed by atoms with E-state index in [9.17, 15) is 4.79 Å². The summed E-state index contributed by atoms with van der Waals surface area (Å²) in [6.07, 6.45) is 3.14. The summed E-state index contributed by atoms with van der Waals surface area (Å²) in [7, 11) is 0. The van der Waals surface area contributed by atoms with Gasteiger partial charge in [0, 0.05) is 24.6 Å². The molecule has 1 aromatic heterocycles. The summed E-state index contributed by atoms with van der Waals surface area (Å²) in [6.45, 7) is 4.73. The lowest BCUT2D eigenvalue weighted by Gasteiger charge is -2.20. The second kappa shape index (κ2) is 8.25. The first-order valence-corrected chi connectivity index (χ1v) is 8.69. The number of carbonyl (C=O) groups is 1. The van der Waals surface area contributed by atoms with Crippen LogP contribution in [0.15, 0.2) is 73.1 Å². The Labute approximate surface area is 153 Å². The maximum absolute atomic E-state index is 12.4. The summed E-state index contributed by atoms with van der Waals surface area (Å²) in [4.78, 5) is 23.2. The summed E-state index contributed by atoms with van der Waals surface area (Å²) >= 11 is 0. The van der Waals surface area contributed by atoms with E-state index >= 15 is 0 Å². The number of hydrogen-bond acceptors (Lipinski definition) is 4. The molecular formula is C21H22N4O. The van der Waals surface area contributed by atoms with Crippen molar-refractivity contribution in [2.45, 2.75) is 19.9 Å². The fourth-order valence-corrected chi connectivity index (χ4v) is 2.73. The highest BCUT2D eigenvalue weighted by Gasteiger charge is 2.14. The van der Waals surface area contributed by atoms with E-state index in [1.165, 1.54) is 0 Å². The van der Waals surface area contributed by atoms with Crippen LogP contribution >= 0.6 is 0 Å².